The first-order valence-corrected chi connectivity index (χ1v) is 7.11. The van der Waals surface area contributed by atoms with Crippen molar-refractivity contribution in [1.82, 2.24) is 10.9 Å². The van der Waals surface area contributed by atoms with Crippen molar-refractivity contribution in [3.05, 3.63) is 65.0 Å². The van der Waals surface area contributed by atoms with E-state index in [2.05, 4.69) is 10.9 Å². The third-order valence-corrected chi connectivity index (χ3v) is 3.16. The first-order chi connectivity index (χ1) is 11.0. The molecule has 2 aromatic carbocycles. The van der Waals surface area contributed by atoms with Crippen LogP contribution in [0.15, 0.2) is 42.5 Å². The van der Waals surface area contributed by atoms with E-state index in [-0.39, 0.29) is 5.56 Å². The Bertz CT molecular complexity index is 714. The van der Waals surface area contributed by atoms with Crippen LogP contribution in [0.25, 0.3) is 0 Å². The van der Waals surface area contributed by atoms with Gasteiger partial charge in [-0.05, 0) is 55.8 Å². The van der Waals surface area contributed by atoms with Crippen LogP contribution >= 0.6 is 0 Å². The second-order valence-corrected chi connectivity index (χ2v) is 4.82. The Kier molecular flexibility index (Phi) is 5.30. The lowest BCUT2D eigenvalue weighted by atomic mass is 10.1. The summed E-state index contributed by atoms with van der Waals surface area (Å²) in [6.45, 7) is 4.09. The maximum absolute atomic E-state index is 13.2. The van der Waals surface area contributed by atoms with Crippen molar-refractivity contribution in [1.29, 1.82) is 0 Å². The average molecular weight is 316 g/mol. The largest absolute Gasteiger partial charge is 0.494 e. The van der Waals surface area contributed by atoms with Crippen LogP contribution in [0.4, 0.5) is 4.39 Å². The van der Waals surface area contributed by atoms with Gasteiger partial charge in [-0.3, -0.25) is 20.4 Å². The number of halogens is 1. The van der Waals surface area contributed by atoms with Crippen molar-refractivity contribution in [3.63, 3.8) is 0 Å². The molecular formula is C17H17FN2O3. The molecule has 0 atom stereocenters. The molecule has 0 spiro atoms. The van der Waals surface area contributed by atoms with Crippen molar-refractivity contribution < 1.29 is 18.7 Å². The van der Waals surface area contributed by atoms with Crippen LogP contribution in [-0.2, 0) is 0 Å². The van der Waals surface area contributed by atoms with Gasteiger partial charge in [0, 0.05) is 11.1 Å². The summed E-state index contributed by atoms with van der Waals surface area (Å²) in [7, 11) is 0. The lowest BCUT2D eigenvalue weighted by molar-refractivity contribution is 0.0846. The second kappa shape index (κ2) is 7.40. The van der Waals surface area contributed by atoms with E-state index in [1.165, 1.54) is 12.1 Å². The van der Waals surface area contributed by atoms with Gasteiger partial charge in [0.05, 0.1) is 6.61 Å². The lowest BCUT2D eigenvalue weighted by Crippen LogP contribution is -2.41. The summed E-state index contributed by atoms with van der Waals surface area (Å²) in [4.78, 5) is 23.9. The summed E-state index contributed by atoms with van der Waals surface area (Å²) in [5.41, 5.74) is 5.70. The van der Waals surface area contributed by atoms with Gasteiger partial charge in [0.25, 0.3) is 11.8 Å². The highest BCUT2D eigenvalue weighted by atomic mass is 19.1. The summed E-state index contributed by atoms with van der Waals surface area (Å²) >= 11 is 0. The molecule has 5 nitrogen and oxygen atoms in total. The van der Waals surface area contributed by atoms with Crippen LogP contribution in [0.3, 0.4) is 0 Å². The molecule has 0 radical (unpaired) electrons. The number of rotatable bonds is 4. The average Bonchev–Trinajstić information content (AvgIpc) is 2.55. The Morgan fingerprint density at radius 2 is 1.70 bits per heavy atom. The van der Waals surface area contributed by atoms with Gasteiger partial charge in [-0.15, -0.1) is 0 Å². The van der Waals surface area contributed by atoms with E-state index in [4.69, 9.17) is 4.74 Å². The maximum atomic E-state index is 13.2. The normalized spacial score (nSPS) is 10.0. The fourth-order valence-electron chi connectivity index (χ4n) is 1.96. The number of carbonyl (C=O) groups is 2. The summed E-state index contributed by atoms with van der Waals surface area (Å²) in [5.74, 6) is -0.918. The molecule has 0 aliphatic carbocycles. The highest BCUT2D eigenvalue weighted by Crippen LogP contribution is 2.12. The molecule has 120 valence electrons. The van der Waals surface area contributed by atoms with Crippen molar-refractivity contribution in [2.45, 2.75) is 13.8 Å². The topological polar surface area (TPSA) is 67.4 Å². The summed E-state index contributed by atoms with van der Waals surface area (Å²) in [5, 5.41) is 0. The molecule has 0 bridgehead atoms. The zero-order valence-electron chi connectivity index (χ0n) is 12.9. The number of hydrazine groups is 1. The van der Waals surface area contributed by atoms with Crippen molar-refractivity contribution >= 4 is 11.8 Å². The minimum absolute atomic E-state index is 0.164. The zero-order valence-corrected chi connectivity index (χ0v) is 12.9. The van der Waals surface area contributed by atoms with Gasteiger partial charge in [0.15, 0.2) is 0 Å². The number of hydrogen-bond donors (Lipinski definition) is 2. The predicted octanol–water partition coefficient (Wildman–Crippen LogP) is 2.61. The van der Waals surface area contributed by atoms with Crippen molar-refractivity contribution in [2.24, 2.45) is 0 Å². The van der Waals surface area contributed by atoms with Crippen LogP contribution in [-0.4, -0.2) is 18.4 Å². The van der Waals surface area contributed by atoms with E-state index < -0.39 is 17.6 Å². The van der Waals surface area contributed by atoms with Gasteiger partial charge in [-0.2, -0.15) is 0 Å². The van der Waals surface area contributed by atoms with Gasteiger partial charge in [0.1, 0.15) is 11.6 Å². The molecule has 6 heteroatoms. The Labute approximate surface area is 133 Å². The number of nitrogens with one attached hydrogen (secondary N) is 2. The van der Waals surface area contributed by atoms with Crippen LogP contribution < -0.4 is 15.6 Å². The van der Waals surface area contributed by atoms with E-state index in [1.54, 1.807) is 31.2 Å². The molecule has 2 N–H and O–H groups in total. The number of hydrogen-bond acceptors (Lipinski definition) is 3. The number of carbonyl (C=O) groups excluding carboxylic acids is 2. The molecule has 2 amide bonds. The van der Waals surface area contributed by atoms with Gasteiger partial charge >= 0.3 is 0 Å². The highest BCUT2D eigenvalue weighted by molar-refractivity contribution is 5.99. The molecule has 0 aromatic heterocycles. The Balaban J connectivity index is 1.98. The van der Waals surface area contributed by atoms with E-state index in [0.29, 0.717) is 23.5 Å². The molecule has 0 saturated heterocycles. The van der Waals surface area contributed by atoms with Crippen molar-refractivity contribution in [3.8, 4) is 5.75 Å². The van der Waals surface area contributed by atoms with Crippen molar-refractivity contribution in [2.75, 3.05) is 6.61 Å². The summed E-state index contributed by atoms with van der Waals surface area (Å²) in [6.07, 6.45) is 0. The smallest absolute Gasteiger partial charge is 0.270 e. The van der Waals surface area contributed by atoms with E-state index >= 15 is 0 Å². The van der Waals surface area contributed by atoms with E-state index in [9.17, 15) is 14.0 Å². The van der Waals surface area contributed by atoms with E-state index in [1.807, 2.05) is 6.92 Å². The maximum Gasteiger partial charge on any atom is 0.270 e. The lowest BCUT2D eigenvalue weighted by Gasteiger charge is -2.10. The van der Waals surface area contributed by atoms with E-state index in [0.717, 1.165) is 6.07 Å². The number of benzene rings is 2. The molecule has 0 aliphatic heterocycles. The van der Waals surface area contributed by atoms with Gasteiger partial charge < -0.3 is 4.74 Å². The van der Waals surface area contributed by atoms with Crippen LogP contribution in [0.2, 0.25) is 0 Å². The second-order valence-electron chi connectivity index (χ2n) is 4.82. The Morgan fingerprint density at radius 1 is 1.04 bits per heavy atom. The highest BCUT2D eigenvalue weighted by Gasteiger charge is 2.12. The standard InChI is InChI=1S/C17H17FN2O3/c1-3-23-14-8-5-12(6-9-14)16(21)19-20-17(22)15-10-13(18)7-4-11(15)2/h4-10H,3H2,1-2H3,(H,19,21)(H,20,22). The number of aryl methyl sites for hydroxylation is 1. The third kappa shape index (κ3) is 4.29. The first-order valence-electron chi connectivity index (χ1n) is 7.11. The van der Waals surface area contributed by atoms with Gasteiger partial charge in [-0.25, -0.2) is 4.39 Å². The molecule has 0 fully saturated rings. The quantitative estimate of drug-likeness (QED) is 0.852. The molecule has 2 aromatic rings. The fraction of sp³-hybridized carbons (Fsp3) is 0.176. The summed E-state index contributed by atoms with van der Waals surface area (Å²) < 4.78 is 18.5. The monoisotopic (exact) mass is 316 g/mol. The minimum atomic E-state index is -0.582. The molecule has 2 rings (SSSR count). The number of ether oxygens (including phenoxy) is 1. The molecule has 0 heterocycles. The molecule has 23 heavy (non-hydrogen) atoms. The summed E-state index contributed by atoms with van der Waals surface area (Å²) in [6, 6.07) is 10.4. The number of amides is 2. The molecular weight excluding hydrogens is 299 g/mol. The Hall–Kier alpha value is -2.89. The molecule has 0 saturated carbocycles. The van der Waals surface area contributed by atoms with Crippen LogP contribution in [0.1, 0.15) is 33.2 Å². The zero-order chi connectivity index (χ0) is 16.8. The van der Waals surface area contributed by atoms with Gasteiger partial charge in [-0.1, -0.05) is 6.07 Å². The van der Waals surface area contributed by atoms with Crippen LogP contribution in [0, 0.1) is 12.7 Å². The first kappa shape index (κ1) is 16.5. The van der Waals surface area contributed by atoms with Crippen LogP contribution in [0.5, 0.6) is 5.75 Å². The molecule has 0 aliphatic rings. The minimum Gasteiger partial charge on any atom is -0.494 e. The van der Waals surface area contributed by atoms with Gasteiger partial charge in [0.2, 0.25) is 0 Å². The fourth-order valence-corrected chi connectivity index (χ4v) is 1.96. The molecule has 0 unspecified atom stereocenters. The SMILES string of the molecule is CCOc1ccc(C(=O)NNC(=O)c2cc(F)ccc2C)cc1. The predicted molar refractivity (Wildman–Crippen MR) is 83.7 cm³/mol. The Morgan fingerprint density at radius 3 is 2.35 bits per heavy atom. The third-order valence-electron chi connectivity index (χ3n) is 3.16.